The topological polar surface area (TPSA) is 55.2 Å². The molecule has 5 nitrogen and oxygen atoms in total. The summed E-state index contributed by atoms with van der Waals surface area (Å²) in [7, 11) is 0. The highest BCUT2D eigenvalue weighted by atomic mass is 32.2. The van der Waals surface area contributed by atoms with Crippen LogP contribution in [-0.2, 0) is 17.8 Å². The minimum atomic E-state index is -0.882. The van der Waals surface area contributed by atoms with E-state index in [1.54, 1.807) is 36.1 Å². The summed E-state index contributed by atoms with van der Waals surface area (Å²) >= 11 is 1.09. The number of carbonyl (C=O) groups is 1. The van der Waals surface area contributed by atoms with Gasteiger partial charge in [0.25, 0.3) is 5.56 Å². The van der Waals surface area contributed by atoms with Crippen molar-refractivity contribution in [1.82, 2.24) is 14.5 Å². The predicted octanol–water partition coefficient (Wildman–Crippen LogP) is 4.73. The maximum atomic E-state index is 14.7. The standard InChI is InChI=1S/C26H21F2N3O2S/c1-16(24(32)30-13-12-17-6-2-3-7-18(17)15-30)34-26-29-22-9-5-4-8-20(22)25(33)31(26)23-11-10-19(27)14-21(23)28/h2-11,14,16H,12-13,15H2,1H3. The maximum Gasteiger partial charge on any atom is 0.266 e. The number of rotatable bonds is 4. The van der Waals surface area contributed by atoms with Crippen LogP contribution in [0, 0.1) is 11.6 Å². The Labute approximate surface area is 199 Å². The zero-order valence-corrected chi connectivity index (χ0v) is 19.2. The van der Waals surface area contributed by atoms with Crippen LogP contribution in [-0.4, -0.2) is 32.2 Å². The van der Waals surface area contributed by atoms with Crippen LogP contribution >= 0.6 is 11.8 Å². The van der Waals surface area contributed by atoms with Crippen molar-refractivity contribution in [2.24, 2.45) is 0 Å². The second kappa shape index (κ2) is 9.02. The van der Waals surface area contributed by atoms with Gasteiger partial charge < -0.3 is 4.90 Å². The Balaban J connectivity index is 1.52. The molecule has 1 atom stereocenters. The fourth-order valence-electron chi connectivity index (χ4n) is 4.22. The quantitative estimate of drug-likeness (QED) is 0.315. The molecule has 0 N–H and O–H groups in total. The largest absolute Gasteiger partial charge is 0.337 e. The first-order valence-corrected chi connectivity index (χ1v) is 11.8. The van der Waals surface area contributed by atoms with Crippen LogP contribution in [0.4, 0.5) is 8.78 Å². The molecular weight excluding hydrogens is 456 g/mol. The van der Waals surface area contributed by atoms with Gasteiger partial charge in [0.1, 0.15) is 11.6 Å². The summed E-state index contributed by atoms with van der Waals surface area (Å²) in [6, 6.07) is 17.8. The smallest absolute Gasteiger partial charge is 0.266 e. The van der Waals surface area contributed by atoms with Crippen molar-refractivity contribution in [3.63, 3.8) is 0 Å². The average molecular weight is 478 g/mol. The number of nitrogens with zero attached hydrogens (tertiary/aromatic N) is 3. The van der Waals surface area contributed by atoms with Gasteiger partial charge in [-0.2, -0.15) is 0 Å². The first-order valence-electron chi connectivity index (χ1n) is 10.9. The molecule has 2 heterocycles. The molecule has 0 aliphatic carbocycles. The van der Waals surface area contributed by atoms with Crippen LogP contribution in [0.2, 0.25) is 0 Å². The molecule has 1 unspecified atom stereocenters. The zero-order chi connectivity index (χ0) is 23.8. The third-order valence-corrected chi connectivity index (χ3v) is 7.01. The number of benzene rings is 3. The van der Waals surface area contributed by atoms with E-state index in [1.165, 1.54) is 11.6 Å². The minimum Gasteiger partial charge on any atom is -0.337 e. The molecule has 0 bridgehead atoms. The SMILES string of the molecule is CC(Sc1nc2ccccc2c(=O)n1-c1ccc(F)cc1F)C(=O)N1CCc2ccccc2C1. The summed E-state index contributed by atoms with van der Waals surface area (Å²) in [6.45, 7) is 2.87. The van der Waals surface area contributed by atoms with Gasteiger partial charge in [0.15, 0.2) is 5.16 Å². The first-order chi connectivity index (χ1) is 16.4. The van der Waals surface area contributed by atoms with Crippen molar-refractivity contribution in [1.29, 1.82) is 0 Å². The highest BCUT2D eigenvalue weighted by molar-refractivity contribution is 8.00. The summed E-state index contributed by atoms with van der Waals surface area (Å²) in [4.78, 5) is 33.0. The van der Waals surface area contributed by atoms with Gasteiger partial charge in [-0.1, -0.05) is 48.2 Å². The van der Waals surface area contributed by atoms with Gasteiger partial charge in [0, 0.05) is 19.2 Å². The van der Waals surface area contributed by atoms with Crippen LogP contribution < -0.4 is 5.56 Å². The monoisotopic (exact) mass is 477 g/mol. The lowest BCUT2D eigenvalue weighted by Gasteiger charge is -2.30. The van der Waals surface area contributed by atoms with Crippen molar-refractivity contribution in [2.45, 2.75) is 30.3 Å². The molecule has 8 heteroatoms. The Morgan fingerprint density at radius 1 is 1.03 bits per heavy atom. The second-order valence-corrected chi connectivity index (χ2v) is 9.49. The van der Waals surface area contributed by atoms with Gasteiger partial charge in [0.05, 0.1) is 21.8 Å². The van der Waals surface area contributed by atoms with Gasteiger partial charge in [0.2, 0.25) is 5.91 Å². The first kappa shape index (κ1) is 22.3. The van der Waals surface area contributed by atoms with Gasteiger partial charge in [-0.25, -0.2) is 13.8 Å². The van der Waals surface area contributed by atoms with Crippen molar-refractivity contribution in [3.8, 4) is 5.69 Å². The van der Waals surface area contributed by atoms with E-state index in [4.69, 9.17) is 0 Å². The summed E-state index contributed by atoms with van der Waals surface area (Å²) in [5, 5.41) is -0.0947. The molecule has 172 valence electrons. The lowest BCUT2D eigenvalue weighted by Crippen LogP contribution is -2.40. The number of carbonyl (C=O) groups excluding carboxylic acids is 1. The molecule has 0 saturated carbocycles. The number of aromatic nitrogens is 2. The van der Waals surface area contributed by atoms with Gasteiger partial charge in [-0.3, -0.25) is 14.2 Å². The molecular formula is C26H21F2N3O2S. The molecule has 0 fully saturated rings. The minimum absolute atomic E-state index is 0.0898. The van der Waals surface area contributed by atoms with E-state index in [2.05, 4.69) is 11.1 Å². The number of amides is 1. The van der Waals surface area contributed by atoms with E-state index in [0.29, 0.717) is 24.0 Å². The van der Waals surface area contributed by atoms with Crippen molar-refractivity contribution >= 4 is 28.6 Å². The normalized spacial score (nSPS) is 14.1. The van der Waals surface area contributed by atoms with E-state index in [9.17, 15) is 18.4 Å². The molecule has 1 aliphatic rings. The Kier molecular flexibility index (Phi) is 5.91. The van der Waals surface area contributed by atoms with E-state index in [0.717, 1.165) is 40.4 Å². The van der Waals surface area contributed by atoms with Crippen LogP contribution in [0.25, 0.3) is 16.6 Å². The van der Waals surface area contributed by atoms with Gasteiger partial charge >= 0.3 is 0 Å². The van der Waals surface area contributed by atoms with Crippen LogP contribution in [0.3, 0.4) is 0 Å². The highest BCUT2D eigenvalue weighted by Gasteiger charge is 2.27. The second-order valence-electron chi connectivity index (χ2n) is 8.19. The van der Waals surface area contributed by atoms with Crippen LogP contribution in [0.1, 0.15) is 18.1 Å². The number of fused-ring (bicyclic) bond motifs is 2. The number of hydrogen-bond donors (Lipinski definition) is 0. The maximum absolute atomic E-state index is 14.7. The molecule has 0 radical (unpaired) electrons. The lowest BCUT2D eigenvalue weighted by atomic mass is 10.00. The van der Waals surface area contributed by atoms with Crippen molar-refractivity contribution in [2.75, 3.05) is 6.54 Å². The van der Waals surface area contributed by atoms with E-state index < -0.39 is 22.4 Å². The van der Waals surface area contributed by atoms with Gasteiger partial charge in [-0.05, 0) is 48.7 Å². The Morgan fingerprint density at radius 2 is 1.76 bits per heavy atom. The fourth-order valence-corrected chi connectivity index (χ4v) is 5.22. The average Bonchev–Trinajstić information content (AvgIpc) is 2.84. The number of hydrogen-bond acceptors (Lipinski definition) is 4. The van der Waals surface area contributed by atoms with Crippen molar-refractivity contribution in [3.05, 3.63) is 99.8 Å². The molecule has 1 aliphatic heterocycles. The zero-order valence-electron chi connectivity index (χ0n) is 18.4. The van der Waals surface area contributed by atoms with Crippen LogP contribution in [0.15, 0.2) is 76.7 Å². The Bertz CT molecular complexity index is 1470. The number of para-hydroxylation sites is 1. The predicted molar refractivity (Wildman–Crippen MR) is 128 cm³/mol. The number of thioether (sulfide) groups is 1. The molecule has 4 aromatic rings. The third-order valence-electron chi connectivity index (χ3n) is 5.97. The summed E-state index contributed by atoms with van der Waals surface area (Å²) in [5.74, 6) is -1.72. The number of halogens is 2. The Morgan fingerprint density at radius 3 is 2.56 bits per heavy atom. The van der Waals surface area contributed by atoms with E-state index in [1.807, 2.05) is 18.2 Å². The van der Waals surface area contributed by atoms with E-state index in [-0.39, 0.29) is 16.8 Å². The van der Waals surface area contributed by atoms with Gasteiger partial charge in [-0.15, -0.1) is 0 Å². The molecule has 0 saturated heterocycles. The molecule has 0 spiro atoms. The molecule has 3 aromatic carbocycles. The molecule has 5 rings (SSSR count). The summed E-state index contributed by atoms with van der Waals surface area (Å²) < 4.78 is 29.4. The fraction of sp³-hybridized carbons (Fsp3) is 0.192. The highest BCUT2D eigenvalue weighted by Crippen LogP contribution is 2.29. The third kappa shape index (κ3) is 4.09. The summed E-state index contributed by atoms with van der Waals surface area (Å²) in [6.07, 6.45) is 0.777. The molecule has 1 amide bonds. The lowest BCUT2D eigenvalue weighted by molar-refractivity contribution is -0.131. The Hall–Kier alpha value is -3.52. The molecule has 34 heavy (non-hydrogen) atoms. The summed E-state index contributed by atoms with van der Waals surface area (Å²) in [5.41, 5.74) is 2.21. The molecule has 1 aromatic heterocycles. The van der Waals surface area contributed by atoms with Crippen LogP contribution in [0.5, 0.6) is 0 Å². The van der Waals surface area contributed by atoms with Crippen molar-refractivity contribution < 1.29 is 13.6 Å². The van der Waals surface area contributed by atoms with E-state index >= 15 is 0 Å².